The number of ether oxygens (including phenoxy) is 2. The molecule has 1 aromatic carbocycles. The number of nitrogens with one attached hydrogen (secondary N) is 1. The number of rotatable bonds is 7. The van der Waals surface area contributed by atoms with E-state index in [1.807, 2.05) is 27.7 Å². The van der Waals surface area contributed by atoms with E-state index in [-0.39, 0.29) is 12.0 Å². The lowest BCUT2D eigenvalue weighted by Gasteiger charge is -2.37. The molecule has 0 aliphatic carbocycles. The van der Waals surface area contributed by atoms with E-state index < -0.39 is 17.0 Å². The third-order valence-corrected chi connectivity index (χ3v) is 5.94. The number of hydrogen-bond acceptors (Lipinski definition) is 5. The van der Waals surface area contributed by atoms with Crippen LogP contribution in [-0.2, 0) is 14.3 Å². The fourth-order valence-corrected chi connectivity index (χ4v) is 4.30. The summed E-state index contributed by atoms with van der Waals surface area (Å²) in [5, 5.41) is 2.97. The van der Waals surface area contributed by atoms with E-state index in [1.165, 1.54) is 7.11 Å². The van der Waals surface area contributed by atoms with Crippen molar-refractivity contribution in [2.45, 2.75) is 72.3 Å². The number of likely N-dealkylation sites (tertiary alicyclic amines) is 1. The van der Waals surface area contributed by atoms with Gasteiger partial charge in [-0.25, -0.2) is 9.59 Å². The molecule has 32 heavy (non-hydrogen) atoms. The number of para-hydroxylation sites is 1. The fraction of sp³-hybridized carbons (Fsp3) is 0.640. The second-order valence-electron chi connectivity index (χ2n) is 9.92. The minimum atomic E-state index is -0.573. The molecular weight excluding hydrogens is 408 g/mol. The largest absolute Gasteiger partial charge is 0.465 e. The minimum Gasteiger partial charge on any atom is -0.465 e. The van der Waals surface area contributed by atoms with Crippen LogP contribution in [0.25, 0.3) is 0 Å². The van der Waals surface area contributed by atoms with Crippen molar-refractivity contribution in [2.24, 2.45) is 11.3 Å². The first-order chi connectivity index (χ1) is 15.0. The van der Waals surface area contributed by atoms with Crippen LogP contribution < -0.4 is 5.32 Å². The van der Waals surface area contributed by atoms with Crippen molar-refractivity contribution in [1.82, 2.24) is 4.90 Å². The van der Waals surface area contributed by atoms with Crippen molar-refractivity contribution in [3.63, 3.8) is 0 Å². The predicted octanol–water partition coefficient (Wildman–Crippen LogP) is 5.26. The highest BCUT2D eigenvalue weighted by atomic mass is 16.6. The first-order valence-corrected chi connectivity index (χ1v) is 11.5. The van der Waals surface area contributed by atoms with Crippen LogP contribution in [0.2, 0.25) is 0 Å². The van der Waals surface area contributed by atoms with Crippen LogP contribution in [-0.4, -0.2) is 48.7 Å². The lowest BCUT2D eigenvalue weighted by atomic mass is 9.74. The highest BCUT2D eigenvalue weighted by Gasteiger charge is 2.37. The van der Waals surface area contributed by atoms with E-state index in [2.05, 4.69) is 12.2 Å². The molecular formula is C25H38N2O5. The Bertz CT molecular complexity index is 809. The summed E-state index contributed by atoms with van der Waals surface area (Å²) in [7, 11) is 1.33. The molecule has 1 N–H and O–H groups in total. The fourth-order valence-electron chi connectivity index (χ4n) is 4.30. The van der Waals surface area contributed by atoms with Gasteiger partial charge < -0.3 is 19.7 Å². The Morgan fingerprint density at radius 2 is 1.72 bits per heavy atom. The zero-order chi connectivity index (χ0) is 23.9. The van der Waals surface area contributed by atoms with Gasteiger partial charge in [-0.15, -0.1) is 0 Å². The van der Waals surface area contributed by atoms with Gasteiger partial charge in [0.2, 0.25) is 5.91 Å². The molecule has 1 aromatic rings. The number of amides is 2. The third-order valence-electron chi connectivity index (χ3n) is 5.94. The maximum absolute atomic E-state index is 13.3. The number of esters is 1. The first-order valence-electron chi connectivity index (χ1n) is 11.5. The van der Waals surface area contributed by atoms with Crippen LogP contribution in [0, 0.1) is 11.3 Å². The molecule has 0 bridgehead atoms. The van der Waals surface area contributed by atoms with E-state index in [0.717, 1.165) is 32.1 Å². The molecule has 1 aliphatic heterocycles. The molecule has 0 saturated carbocycles. The Balaban J connectivity index is 2.04. The van der Waals surface area contributed by atoms with Crippen LogP contribution >= 0.6 is 0 Å². The average molecular weight is 447 g/mol. The van der Waals surface area contributed by atoms with E-state index in [0.29, 0.717) is 30.3 Å². The number of anilines is 1. The van der Waals surface area contributed by atoms with Gasteiger partial charge in [-0.3, -0.25) is 4.79 Å². The summed E-state index contributed by atoms with van der Waals surface area (Å²) in [6, 6.07) is 6.89. The molecule has 2 rings (SSSR count). The van der Waals surface area contributed by atoms with Crippen LogP contribution in [0.1, 0.15) is 77.1 Å². The Labute approximate surface area is 191 Å². The molecule has 0 radical (unpaired) electrons. The van der Waals surface area contributed by atoms with Gasteiger partial charge in [-0.1, -0.05) is 32.4 Å². The summed E-state index contributed by atoms with van der Waals surface area (Å²) < 4.78 is 10.3. The second-order valence-corrected chi connectivity index (χ2v) is 9.92. The molecule has 1 aliphatic rings. The maximum atomic E-state index is 13.3. The quantitative estimate of drug-likeness (QED) is 0.578. The summed E-state index contributed by atoms with van der Waals surface area (Å²) in [6.07, 6.45) is 3.75. The molecule has 1 atom stereocenters. The van der Waals surface area contributed by atoms with Gasteiger partial charge in [0.1, 0.15) is 5.60 Å². The van der Waals surface area contributed by atoms with Gasteiger partial charge in [0, 0.05) is 18.5 Å². The van der Waals surface area contributed by atoms with Crippen molar-refractivity contribution in [1.29, 1.82) is 0 Å². The molecule has 1 fully saturated rings. The molecule has 7 heteroatoms. The molecule has 1 unspecified atom stereocenters. The van der Waals surface area contributed by atoms with E-state index in [1.54, 1.807) is 29.2 Å². The Morgan fingerprint density at radius 1 is 1.09 bits per heavy atom. The van der Waals surface area contributed by atoms with Crippen LogP contribution in [0.15, 0.2) is 24.3 Å². The summed E-state index contributed by atoms with van der Waals surface area (Å²) >= 11 is 0. The number of hydrogen-bond donors (Lipinski definition) is 1. The number of methoxy groups -OCH3 is 1. The molecule has 178 valence electrons. The minimum absolute atomic E-state index is 0.0923. The van der Waals surface area contributed by atoms with Crippen molar-refractivity contribution in [3.05, 3.63) is 29.8 Å². The normalized spacial score (nSPS) is 16.8. The van der Waals surface area contributed by atoms with Crippen molar-refractivity contribution < 1.29 is 23.9 Å². The number of nitrogens with zero attached hydrogens (tertiary/aromatic N) is 1. The lowest BCUT2D eigenvalue weighted by Crippen LogP contribution is -2.43. The molecule has 7 nitrogen and oxygen atoms in total. The van der Waals surface area contributed by atoms with Gasteiger partial charge in [0.05, 0.1) is 18.4 Å². The van der Waals surface area contributed by atoms with Gasteiger partial charge in [-0.05, 0) is 64.5 Å². The van der Waals surface area contributed by atoms with E-state index in [9.17, 15) is 14.4 Å². The Morgan fingerprint density at radius 3 is 2.28 bits per heavy atom. The standard InChI is InChI=1S/C25H38N2O5/c1-7-14-25(5,22(29)26-20-11-9-8-10-19(20)21(28)31-6)17-18-12-15-27(16-13-18)23(30)32-24(2,3)4/h8-11,18H,7,12-17H2,1-6H3,(H,26,29). The summed E-state index contributed by atoms with van der Waals surface area (Å²) in [6.45, 7) is 10.9. The second kappa shape index (κ2) is 10.8. The highest BCUT2D eigenvalue weighted by molar-refractivity contribution is 6.02. The van der Waals surface area contributed by atoms with Gasteiger partial charge in [0.15, 0.2) is 0 Å². The van der Waals surface area contributed by atoms with Crippen LogP contribution in [0.3, 0.4) is 0 Å². The third kappa shape index (κ3) is 6.97. The van der Waals surface area contributed by atoms with Crippen molar-refractivity contribution in [2.75, 3.05) is 25.5 Å². The first kappa shape index (κ1) is 25.7. The molecule has 2 amide bonds. The molecule has 0 aromatic heterocycles. The number of carbonyl (C=O) groups is 3. The number of piperidine rings is 1. The summed E-state index contributed by atoms with van der Waals surface area (Å²) in [4.78, 5) is 39.5. The number of benzene rings is 1. The lowest BCUT2D eigenvalue weighted by molar-refractivity contribution is -0.126. The maximum Gasteiger partial charge on any atom is 0.410 e. The zero-order valence-corrected chi connectivity index (χ0v) is 20.3. The van der Waals surface area contributed by atoms with Crippen molar-refractivity contribution >= 4 is 23.7 Å². The summed E-state index contributed by atoms with van der Waals surface area (Å²) in [5.41, 5.74) is -0.276. The van der Waals surface area contributed by atoms with Crippen LogP contribution in [0.4, 0.5) is 10.5 Å². The molecule has 0 spiro atoms. The monoisotopic (exact) mass is 446 g/mol. The molecule has 1 saturated heterocycles. The zero-order valence-electron chi connectivity index (χ0n) is 20.3. The number of carbonyl (C=O) groups excluding carboxylic acids is 3. The highest BCUT2D eigenvalue weighted by Crippen LogP contribution is 2.37. The Kier molecular flexibility index (Phi) is 8.70. The van der Waals surface area contributed by atoms with Gasteiger partial charge >= 0.3 is 12.1 Å². The predicted molar refractivity (Wildman–Crippen MR) is 125 cm³/mol. The Hall–Kier alpha value is -2.57. The van der Waals surface area contributed by atoms with Gasteiger partial charge in [0.25, 0.3) is 0 Å². The topological polar surface area (TPSA) is 84.9 Å². The SMILES string of the molecule is CCCC(C)(CC1CCN(C(=O)OC(C)(C)C)CC1)C(=O)Nc1ccccc1C(=O)OC. The average Bonchev–Trinajstić information content (AvgIpc) is 2.73. The van der Waals surface area contributed by atoms with E-state index in [4.69, 9.17) is 9.47 Å². The van der Waals surface area contributed by atoms with Crippen LogP contribution in [0.5, 0.6) is 0 Å². The van der Waals surface area contributed by atoms with E-state index >= 15 is 0 Å². The molecule has 1 heterocycles. The van der Waals surface area contributed by atoms with Crippen molar-refractivity contribution in [3.8, 4) is 0 Å². The van der Waals surface area contributed by atoms with Gasteiger partial charge in [-0.2, -0.15) is 0 Å². The summed E-state index contributed by atoms with van der Waals surface area (Å²) in [5.74, 6) is -0.232. The smallest absolute Gasteiger partial charge is 0.410 e.